The van der Waals surface area contributed by atoms with E-state index in [4.69, 9.17) is 32.7 Å². The van der Waals surface area contributed by atoms with Crippen molar-refractivity contribution in [2.24, 2.45) is 5.92 Å². The third kappa shape index (κ3) is 5.22. The highest BCUT2D eigenvalue weighted by molar-refractivity contribution is 6.42. The Balaban J connectivity index is 1.20. The summed E-state index contributed by atoms with van der Waals surface area (Å²) in [4.78, 5) is 28.8. The Hall–Kier alpha value is -2.51. The van der Waals surface area contributed by atoms with E-state index in [1.165, 1.54) is 0 Å². The van der Waals surface area contributed by atoms with Crippen molar-refractivity contribution in [3.8, 4) is 11.5 Å². The van der Waals surface area contributed by atoms with Crippen LogP contribution in [0.25, 0.3) is 0 Å². The number of rotatable bonds is 8. The lowest BCUT2D eigenvalue weighted by molar-refractivity contribution is -0.126. The second-order valence-electron chi connectivity index (χ2n) is 8.16. The van der Waals surface area contributed by atoms with Gasteiger partial charge in [0.15, 0.2) is 13.2 Å². The fourth-order valence-electron chi connectivity index (χ4n) is 4.29. The number of ether oxygens (including phenoxy) is 2. The smallest absolute Gasteiger partial charge is 0.258 e. The Bertz CT molecular complexity index is 977. The first-order chi connectivity index (χ1) is 14.8. The zero-order valence-electron chi connectivity index (χ0n) is 17.0. The fraction of sp³-hybridized carbons (Fsp3) is 0.409. The number of aryl methyl sites for hydroxylation is 1. The number of amides is 2. The van der Waals surface area contributed by atoms with E-state index in [0.29, 0.717) is 33.9 Å². The zero-order chi connectivity index (χ0) is 22.0. The van der Waals surface area contributed by atoms with E-state index in [-0.39, 0.29) is 36.6 Å². The molecule has 2 amide bonds. The Labute approximate surface area is 190 Å². The second kappa shape index (κ2) is 8.93. The number of nitrogens with zero attached hydrogens (tertiary/aromatic N) is 1. The van der Waals surface area contributed by atoms with Gasteiger partial charge in [-0.1, -0.05) is 23.2 Å². The molecule has 9 heteroatoms. The number of halogens is 2. The number of carbonyl (C=O) groups excluding carboxylic acids is 2. The van der Waals surface area contributed by atoms with E-state index >= 15 is 0 Å². The summed E-state index contributed by atoms with van der Waals surface area (Å²) in [5, 5.41) is 6.90. The molecule has 3 saturated carbocycles. The van der Waals surface area contributed by atoms with Gasteiger partial charge in [-0.15, -0.1) is 0 Å². The lowest BCUT2D eigenvalue weighted by atomic mass is 9.76. The van der Waals surface area contributed by atoms with Crippen LogP contribution in [0.1, 0.15) is 25.0 Å². The molecule has 0 aliphatic heterocycles. The molecule has 7 nitrogen and oxygen atoms in total. The molecule has 2 aromatic rings. The molecule has 164 valence electrons. The molecule has 2 bridgehead atoms. The quantitative estimate of drug-likeness (QED) is 0.626. The third-order valence-electron chi connectivity index (χ3n) is 5.75. The Morgan fingerprint density at radius 2 is 1.74 bits per heavy atom. The van der Waals surface area contributed by atoms with Gasteiger partial charge < -0.3 is 20.1 Å². The highest BCUT2D eigenvalue weighted by Gasteiger charge is 2.57. The fourth-order valence-corrected chi connectivity index (χ4v) is 4.58. The van der Waals surface area contributed by atoms with E-state index in [9.17, 15) is 9.59 Å². The van der Waals surface area contributed by atoms with Crippen molar-refractivity contribution in [3.63, 3.8) is 0 Å². The molecular weight excluding hydrogens is 441 g/mol. The van der Waals surface area contributed by atoms with Crippen molar-refractivity contribution in [3.05, 3.63) is 52.3 Å². The van der Waals surface area contributed by atoms with Gasteiger partial charge in [-0.05, 0) is 56.4 Å². The van der Waals surface area contributed by atoms with Gasteiger partial charge in [-0.2, -0.15) is 0 Å². The van der Waals surface area contributed by atoms with E-state index in [2.05, 4.69) is 15.6 Å². The van der Waals surface area contributed by atoms with Gasteiger partial charge in [0.2, 0.25) is 0 Å². The van der Waals surface area contributed by atoms with Crippen LogP contribution in [0.2, 0.25) is 10.0 Å². The highest BCUT2D eigenvalue weighted by atomic mass is 35.5. The summed E-state index contributed by atoms with van der Waals surface area (Å²) >= 11 is 11.8. The summed E-state index contributed by atoms with van der Waals surface area (Å²) in [5.41, 5.74) is 0.611. The molecule has 1 aromatic heterocycles. The van der Waals surface area contributed by atoms with Gasteiger partial charge in [0.1, 0.15) is 11.5 Å². The molecule has 0 saturated heterocycles. The van der Waals surface area contributed by atoms with Crippen molar-refractivity contribution in [1.29, 1.82) is 0 Å². The molecule has 2 N–H and O–H groups in total. The topological polar surface area (TPSA) is 89.6 Å². The minimum Gasteiger partial charge on any atom is -0.484 e. The molecule has 3 fully saturated rings. The number of aromatic nitrogens is 1. The van der Waals surface area contributed by atoms with E-state index in [1.54, 1.807) is 30.5 Å². The average molecular weight is 464 g/mol. The van der Waals surface area contributed by atoms with E-state index in [1.807, 2.05) is 13.0 Å². The molecule has 1 aromatic carbocycles. The highest BCUT2D eigenvalue weighted by Crippen LogP contribution is 2.52. The third-order valence-corrected chi connectivity index (χ3v) is 6.49. The van der Waals surface area contributed by atoms with Gasteiger partial charge in [0, 0.05) is 23.3 Å². The zero-order valence-corrected chi connectivity index (χ0v) is 18.5. The summed E-state index contributed by atoms with van der Waals surface area (Å²) in [6, 6.07) is 8.50. The van der Waals surface area contributed by atoms with Crippen LogP contribution in [0, 0.1) is 12.8 Å². The summed E-state index contributed by atoms with van der Waals surface area (Å²) in [7, 11) is 0. The Kier molecular flexibility index (Phi) is 6.25. The first-order valence-corrected chi connectivity index (χ1v) is 10.8. The van der Waals surface area contributed by atoms with Crippen molar-refractivity contribution in [2.75, 3.05) is 13.2 Å². The average Bonchev–Trinajstić information content (AvgIpc) is 3.22. The minimum atomic E-state index is -0.275. The monoisotopic (exact) mass is 463 g/mol. The Morgan fingerprint density at radius 1 is 1.03 bits per heavy atom. The number of pyridine rings is 1. The minimum absolute atomic E-state index is 0.0310. The number of carbonyl (C=O) groups is 2. The van der Waals surface area contributed by atoms with Crippen LogP contribution in [0.3, 0.4) is 0 Å². The van der Waals surface area contributed by atoms with Crippen LogP contribution >= 0.6 is 23.2 Å². The SMILES string of the molecule is Cc1ccc(OCC(=O)NC2CC3(NC(=O)COc4ccc(Cl)c(Cl)c4)CC2C3)cn1. The maximum Gasteiger partial charge on any atom is 0.258 e. The summed E-state index contributed by atoms with van der Waals surface area (Å²) in [6.07, 6.45) is 3.99. The first kappa shape index (κ1) is 21.7. The van der Waals surface area contributed by atoms with Gasteiger partial charge in [0.05, 0.1) is 16.2 Å². The number of benzene rings is 1. The molecular formula is C22H23Cl2N3O4. The summed E-state index contributed by atoms with van der Waals surface area (Å²) in [6.45, 7) is 1.71. The van der Waals surface area contributed by atoms with Crippen LogP contribution in [-0.2, 0) is 9.59 Å². The molecule has 5 rings (SSSR count). The van der Waals surface area contributed by atoms with Gasteiger partial charge in [-0.3, -0.25) is 14.6 Å². The predicted octanol–water partition coefficient (Wildman–Crippen LogP) is 3.31. The molecule has 1 atom stereocenters. The molecule has 1 heterocycles. The van der Waals surface area contributed by atoms with Crippen LogP contribution < -0.4 is 20.1 Å². The van der Waals surface area contributed by atoms with Crippen LogP contribution in [-0.4, -0.2) is 41.6 Å². The van der Waals surface area contributed by atoms with Crippen molar-refractivity contribution in [2.45, 2.75) is 37.8 Å². The van der Waals surface area contributed by atoms with Gasteiger partial charge in [-0.25, -0.2) is 0 Å². The lowest BCUT2D eigenvalue weighted by Crippen LogP contribution is -2.53. The standard InChI is InChI=1S/C22H23Cl2N3O4/c1-13-2-3-16(10-25-13)31-11-20(28)26-19-9-22(7-14(19)8-22)27-21(29)12-30-15-4-5-17(23)18(24)6-15/h2-6,10,14,19H,7-9,11-12H2,1H3,(H,26,28)(H,27,29). The van der Waals surface area contributed by atoms with Crippen molar-refractivity contribution in [1.82, 2.24) is 15.6 Å². The molecule has 3 aliphatic rings. The molecule has 31 heavy (non-hydrogen) atoms. The van der Waals surface area contributed by atoms with Gasteiger partial charge >= 0.3 is 0 Å². The molecule has 3 aliphatic carbocycles. The largest absolute Gasteiger partial charge is 0.484 e. The van der Waals surface area contributed by atoms with Crippen molar-refractivity contribution < 1.29 is 19.1 Å². The maximum atomic E-state index is 12.4. The number of nitrogens with one attached hydrogen (secondary N) is 2. The molecule has 0 spiro atoms. The normalized spacial score (nSPS) is 23.6. The van der Waals surface area contributed by atoms with Crippen LogP contribution in [0.5, 0.6) is 11.5 Å². The van der Waals surface area contributed by atoms with Crippen LogP contribution in [0.15, 0.2) is 36.5 Å². The summed E-state index contributed by atoms with van der Waals surface area (Å²) < 4.78 is 11.0. The van der Waals surface area contributed by atoms with E-state index < -0.39 is 0 Å². The van der Waals surface area contributed by atoms with Gasteiger partial charge in [0.25, 0.3) is 11.8 Å². The summed E-state index contributed by atoms with van der Waals surface area (Å²) in [5.74, 6) is 1.02. The first-order valence-electron chi connectivity index (χ1n) is 10.1. The second-order valence-corrected chi connectivity index (χ2v) is 8.98. The number of hydrogen-bond acceptors (Lipinski definition) is 5. The number of hydrogen-bond donors (Lipinski definition) is 2. The van der Waals surface area contributed by atoms with Crippen molar-refractivity contribution >= 4 is 35.0 Å². The maximum absolute atomic E-state index is 12.4. The predicted molar refractivity (Wildman–Crippen MR) is 117 cm³/mol. The molecule has 0 radical (unpaired) electrons. The lowest BCUT2D eigenvalue weighted by Gasteiger charge is -2.39. The number of fused-ring (bicyclic) bond motifs is 1. The van der Waals surface area contributed by atoms with Crippen LogP contribution in [0.4, 0.5) is 0 Å². The van der Waals surface area contributed by atoms with E-state index in [0.717, 1.165) is 18.5 Å². The molecule has 1 unspecified atom stereocenters. The Morgan fingerprint density at radius 3 is 2.45 bits per heavy atom.